The smallest absolute Gasteiger partial charge is 0.247 e. The summed E-state index contributed by atoms with van der Waals surface area (Å²) < 4.78 is 10.7. The van der Waals surface area contributed by atoms with Gasteiger partial charge in [-0.2, -0.15) is 0 Å². The van der Waals surface area contributed by atoms with E-state index in [2.05, 4.69) is 12.2 Å². The molecule has 0 heterocycles. The number of hydrogen-bond acceptors (Lipinski definition) is 4. The SMILES string of the molecule is COc1ccc([C@@H](C(=O)NC2CCC(C)CC2)N(C(=O)CCl)C2CC2)cc1OC. The molecule has 160 valence electrons. The molecule has 1 N–H and O–H groups in total. The molecule has 7 heteroatoms. The van der Waals surface area contributed by atoms with Gasteiger partial charge in [0, 0.05) is 12.1 Å². The molecule has 0 saturated heterocycles. The molecule has 2 aliphatic rings. The third kappa shape index (κ3) is 5.16. The molecule has 2 fully saturated rings. The van der Waals surface area contributed by atoms with Crippen LogP contribution in [-0.4, -0.2) is 48.9 Å². The quantitative estimate of drug-likeness (QED) is 0.649. The van der Waals surface area contributed by atoms with E-state index in [9.17, 15) is 9.59 Å². The zero-order valence-corrected chi connectivity index (χ0v) is 18.2. The van der Waals surface area contributed by atoms with Crippen LogP contribution in [0.4, 0.5) is 0 Å². The van der Waals surface area contributed by atoms with E-state index >= 15 is 0 Å². The van der Waals surface area contributed by atoms with E-state index in [0.717, 1.165) is 38.5 Å². The van der Waals surface area contributed by atoms with E-state index in [1.807, 2.05) is 6.07 Å². The Labute approximate surface area is 177 Å². The predicted molar refractivity (Wildman–Crippen MR) is 112 cm³/mol. The predicted octanol–water partition coefficient (Wildman–Crippen LogP) is 3.67. The average molecular weight is 423 g/mol. The van der Waals surface area contributed by atoms with Crippen LogP contribution in [0.1, 0.15) is 57.1 Å². The van der Waals surface area contributed by atoms with Crippen molar-refractivity contribution in [3.63, 3.8) is 0 Å². The monoisotopic (exact) mass is 422 g/mol. The van der Waals surface area contributed by atoms with Crippen molar-refractivity contribution in [2.24, 2.45) is 5.92 Å². The fourth-order valence-corrected chi connectivity index (χ4v) is 4.26. The maximum atomic E-state index is 13.4. The largest absolute Gasteiger partial charge is 0.493 e. The van der Waals surface area contributed by atoms with E-state index in [0.29, 0.717) is 23.0 Å². The number of rotatable bonds is 8. The third-order valence-electron chi connectivity index (χ3n) is 5.95. The molecule has 0 spiro atoms. The summed E-state index contributed by atoms with van der Waals surface area (Å²) in [5.41, 5.74) is 0.703. The summed E-state index contributed by atoms with van der Waals surface area (Å²) in [6.07, 6.45) is 5.94. The molecule has 0 aliphatic heterocycles. The summed E-state index contributed by atoms with van der Waals surface area (Å²) in [4.78, 5) is 27.8. The van der Waals surface area contributed by atoms with Gasteiger partial charge in [-0.3, -0.25) is 9.59 Å². The second-order valence-electron chi connectivity index (χ2n) is 8.15. The van der Waals surface area contributed by atoms with Crippen LogP contribution in [0, 0.1) is 5.92 Å². The first-order valence-electron chi connectivity index (χ1n) is 10.4. The molecule has 0 unspecified atom stereocenters. The van der Waals surface area contributed by atoms with Gasteiger partial charge in [0.1, 0.15) is 11.9 Å². The summed E-state index contributed by atoms with van der Waals surface area (Å²) >= 11 is 5.90. The Morgan fingerprint density at radius 3 is 2.31 bits per heavy atom. The number of hydrogen-bond donors (Lipinski definition) is 1. The molecule has 3 rings (SSSR count). The fourth-order valence-electron chi connectivity index (χ4n) is 4.13. The van der Waals surface area contributed by atoms with Crippen molar-refractivity contribution in [3.05, 3.63) is 23.8 Å². The van der Waals surface area contributed by atoms with Crippen molar-refractivity contribution in [1.29, 1.82) is 0 Å². The molecule has 29 heavy (non-hydrogen) atoms. The maximum absolute atomic E-state index is 13.4. The molecule has 0 radical (unpaired) electrons. The Bertz CT molecular complexity index is 730. The van der Waals surface area contributed by atoms with Crippen molar-refractivity contribution >= 4 is 23.4 Å². The van der Waals surface area contributed by atoms with E-state index in [-0.39, 0.29) is 29.8 Å². The van der Waals surface area contributed by atoms with Gasteiger partial charge in [0.25, 0.3) is 0 Å². The average Bonchev–Trinajstić information content (AvgIpc) is 3.57. The number of nitrogens with zero attached hydrogens (tertiary/aromatic N) is 1. The summed E-state index contributed by atoms with van der Waals surface area (Å²) in [5, 5.41) is 3.20. The lowest BCUT2D eigenvalue weighted by Crippen LogP contribution is -2.48. The minimum atomic E-state index is -0.729. The highest BCUT2D eigenvalue weighted by Gasteiger charge is 2.41. The van der Waals surface area contributed by atoms with Gasteiger partial charge >= 0.3 is 0 Å². The second-order valence-corrected chi connectivity index (χ2v) is 8.42. The van der Waals surface area contributed by atoms with Crippen molar-refractivity contribution in [3.8, 4) is 11.5 Å². The standard InChI is InChI=1S/C22H31ClN2O4/c1-14-4-7-16(8-5-14)24-22(27)21(25(17-9-10-17)20(26)13-23)15-6-11-18(28-2)19(12-15)29-3/h6,11-12,14,16-17,21H,4-5,7-10,13H2,1-3H3,(H,24,27)/t14?,16?,21-/m0/s1. The van der Waals surface area contributed by atoms with E-state index in [1.54, 1.807) is 31.3 Å². The molecule has 1 aromatic carbocycles. The van der Waals surface area contributed by atoms with Gasteiger partial charge in [-0.15, -0.1) is 11.6 Å². The molecule has 2 saturated carbocycles. The number of ether oxygens (including phenoxy) is 2. The maximum Gasteiger partial charge on any atom is 0.247 e. The Morgan fingerprint density at radius 2 is 1.76 bits per heavy atom. The molecular weight excluding hydrogens is 392 g/mol. The summed E-state index contributed by atoms with van der Waals surface area (Å²) in [6, 6.07) is 4.85. The number of nitrogens with one attached hydrogen (secondary N) is 1. The normalized spacial score (nSPS) is 22.5. The molecule has 0 bridgehead atoms. The minimum absolute atomic E-state index is 0.0523. The molecule has 2 aliphatic carbocycles. The van der Waals surface area contributed by atoms with Crippen LogP contribution < -0.4 is 14.8 Å². The van der Waals surface area contributed by atoms with E-state index in [4.69, 9.17) is 21.1 Å². The van der Waals surface area contributed by atoms with Crippen molar-refractivity contribution < 1.29 is 19.1 Å². The minimum Gasteiger partial charge on any atom is -0.493 e. The number of benzene rings is 1. The van der Waals surface area contributed by atoms with Crippen LogP contribution in [0.5, 0.6) is 11.5 Å². The molecule has 1 atom stereocenters. The van der Waals surface area contributed by atoms with Crippen LogP contribution in [-0.2, 0) is 9.59 Å². The number of alkyl halides is 1. The number of halogens is 1. The first-order valence-corrected chi connectivity index (χ1v) is 10.9. The van der Waals surface area contributed by atoms with Gasteiger partial charge in [-0.1, -0.05) is 13.0 Å². The Kier molecular flexibility index (Phi) is 7.28. The van der Waals surface area contributed by atoms with Gasteiger partial charge < -0.3 is 19.7 Å². The van der Waals surface area contributed by atoms with Gasteiger partial charge in [0.15, 0.2) is 11.5 Å². The Hall–Kier alpha value is -1.95. The van der Waals surface area contributed by atoms with E-state index in [1.165, 1.54) is 0 Å². The highest BCUT2D eigenvalue weighted by Crippen LogP contribution is 2.38. The highest BCUT2D eigenvalue weighted by molar-refractivity contribution is 6.27. The van der Waals surface area contributed by atoms with Crippen molar-refractivity contribution in [1.82, 2.24) is 10.2 Å². The number of carbonyl (C=O) groups excluding carboxylic acids is 2. The zero-order chi connectivity index (χ0) is 21.0. The van der Waals surface area contributed by atoms with Gasteiger partial charge in [-0.25, -0.2) is 0 Å². The first kappa shape index (κ1) is 21.8. The van der Waals surface area contributed by atoms with Gasteiger partial charge in [0.2, 0.25) is 11.8 Å². The van der Waals surface area contributed by atoms with Crippen LogP contribution in [0.25, 0.3) is 0 Å². The molecule has 6 nitrogen and oxygen atoms in total. The Balaban J connectivity index is 1.91. The topological polar surface area (TPSA) is 67.9 Å². The third-order valence-corrected chi connectivity index (χ3v) is 6.18. The highest BCUT2D eigenvalue weighted by atomic mass is 35.5. The number of carbonyl (C=O) groups is 2. The van der Waals surface area contributed by atoms with E-state index < -0.39 is 6.04 Å². The van der Waals surface area contributed by atoms with Crippen molar-refractivity contribution in [2.45, 2.75) is 63.6 Å². The number of methoxy groups -OCH3 is 2. The van der Waals surface area contributed by atoms with Crippen LogP contribution in [0.15, 0.2) is 18.2 Å². The first-order chi connectivity index (χ1) is 14.0. The van der Waals surface area contributed by atoms with Crippen LogP contribution >= 0.6 is 11.6 Å². The van der Waals surface area contributed by atoms with Crippen LogP contribution in [0.3, 0.4) is 0 Å². The molecular formula is C22H31ClN2O4. The second kappa shape index (κ2) is 9.70. The van der Waals surface area contributed by atoms with Gasteiger partial charge in [-0.05, 0) is 62.1 Å². The fraction of sp³-hybridized carbons (Fsp3) is 0.636. The lowest BCUT2D eigenvalue weighted by molar-refractivity contribution is -0.140. The lowest BCUT2D eigenvalue weighted by Gasteiger charge is -2.34. The lowest BCUT2D eigenvalue weighted by atomic mass is 9.87. The molecule has 0 aromatic heterocycles. The molecule has 2 amide bonds. The summed E-state index contributed by atoms with van der Waals surface area (Å²) in [7, 11) is 3.13. The number of amides is 2. The molecule has 1 aromatic rings. The van der Waals surface area contributed by atoms with Crippen LogP contribution in [0.2, 0.25) is 0 Å². The van der Waals surface area contributed by atoms with Gasteiger partial charge in [0.05, 0.1) is 14.2 Å². The summed E-state index contributed by atoms with van der Waals surface area (Å²) in [5.74, 6) is 1.30. The summed E-state index contributed by atoms with van der Waals surface area (Å²) in [6.45, 7) is 2.25. The van der Waals surface area contributed by atoms with Crippen molar-refractivity contribution in [2.75, 3.05) is 20.1 Å². The zero-order valence-electron chi connectivity index (χ0n) is 17.4. The Morgan fingerprint density at radius 1 is 1.10 bits per heavy atom.